The minimum Gasteiger partial charge on any atom is -0.481 e. The molecule has 1 heterocycles. The Labute approximate surface area is 125 Å². The van der Waals surface area contributed by atoms with E-state index in [1.165, 1.54) is 5.56 Å². The number of carboxylic acids is 1. The number of carboxylic acid groups (broad SMARTS) is 1. The molecule has 1 saturated carbocycles. The lowest BCUT2D eigenvalue weighted by molar-refractivity contribution is -0.157. The zero-order chi connectivity index (χ0) is 14.3. The Kier molecular flexibility index (Phi) is 3.54. The largest absolute Gasteiger partial charge is 0.481 e. The highest BCUT2D eigenvalue weighted by atomic mass is 79.9. The number of benzene rings is 1. The minimum absolute atomic E-state index is 0.00859. The van der Waals surface area contributed by atoms with Crippen LogP contribution in [0.25, 0.3) is 0 Å². The highest BCUT2D eigenvalue weighted by Crippen LogP contribution is 2.37. The number of rotatable bonds is 2. The van der Waals surface area contributed by atoms with Gasteiger partial charge in [0.15, 0.2) is 0 Å². The number of amides is 1. The van der Waals surface area contributed by atoms with E-state index in [0.717, 1.165) is 16.5 Å². The third kappa shape index (κ3) is 2.24. The van der Waals surface area contributed by atoms with Gasteiger partial charge in [-0.1, -0.05) is 28.1 Å². The van der Waals surface area contributed by atoms with Crippen molar-refractivity contribution in [3.8, 4) is 0 Å². The summed E-state index contributed by atoms with van der Waals surface area (Å²) in [5.74, 6) is -1.63. The van der Waals surface area contributed by atoms with Crippen molar-refractivity contribution in [1.82, 2.24) is 4.90 Å². The summed E-state index contributed by atoms with van der Waals surface area (Å²) >= 11 is 3.54. The van der Waals surface area contributed by atoms with Gasteiger partial charge in [0.25, 0.3) is 0 Å². The van der Waals surface area contributed by atoms with Crippen LogP contribution in [0.4, 0.5) is 0 Å². The van der Waals surface area contributed by atoms with Crippen LogP contribution in [0.2, 0.25) is 0 Å². The Bertz CT molecular complexity index is 572. The van der Waals surface area contributed by atoms with Crippen LogP contribution in [-0.2, 0) is 22.6 Å². The van der Waals surface area contributed by atoms with E-state index < -0.39 is 11.9 Å². The van der Waals surface area contributed by atoms with Crippen LogP contribution in [0.15, 0.2) is 22.7 Å². The molecule has 1 aromatic carbocycles. The first-order chi connectivity index (χ1) is 9.58. The molecule has 5 heteroatoms. The van der Waals surface area contributed by atoms with E-state index in [9.17, 15) is 9.59 Å². The van der Waals surface area contributed by atoms with Crippen molar-refractivity contribution < 1.29 is 14.7 Å². The molecular formula is C15H16BrNO3. The van der Waals surface area contributed by atoms with Crippen molar-refractivity contribution in [3.05, 3.63) is 33.8 Å². The number of carbonyl (C=O) groups is 2. The molecule has 1 aliphatic heterocycles. The van der Waals surface area contributed by atoms with Crippen molar-refractivity contribution in [2.24, 2.45) is 11.8 Å². The Morgan fingerprint density at radius 2 is 2.00 bits per heavy atom. The van der Waals surface area contributed by atoms with E-state index in [1.54, 1.807) is 0 Å². The number of nitrogens with zero attached hydrogens (tertiary/aromatic N) is 1. The summed E-state index contributed by atoms with van der Waals surface area (Å²) in [7, 11) is 0. The lowest BCUT2D eigenvalue weighted by Crippen LogP contribution is -2.47. The maximum absolute atomic E-state index is 12.4. The van der Waals surface area contributed by atoms with E-state index in [0.29, 0.717) is 25.9 Å². The van der Waals surface area contributed by atoms with E-state index in [4.69, 9.17) is 5.11 Å². The predicted octanol–water partition coefficient (Wildman–Crippen LogP) is 2.44. The van der Waals surface area contributed by atoms with Gasteiger partial charge in [0, 0.05) is 17.6 Å². The number of carbonyl (C=O) groups excluding carboxylic acids is 1. The monoisotopic (exact) mass is 337 g/mol. The van der Waals surface area contributed by atoms with Gasteiger partial charge in [-0.2, -0.15) is 0 Å². The second kappa shape index (κ2) is 5.20. The summed E-state index contributed by atoms with van der Waals surface area (Å²) in [5, 5.41) is 9.07. The Balaban J connectivity index is 1.74. The molecule has 2 aliphatic rings. The summed E-state index contributed by atoms with van der Waals surface area (Å²) in [6.45, 7) is 1.27. The first-order valence-corrected chi connectivity index (χ1v) is 7.65. The van der Waals surface area contributed by atoms with Crippen LogP contribution in [0.1, 0.15) is 24.0 Å². The first-order valence-electron chi connectivity index (χ1n) is 6.86. The maximum Gasteiger partial charge on any atom is 0.307 e. The molecule has 1 aliphatic carbocycles. The van der Waals surface area contributed by atoms with Crippen LogP contribution in [-0.4, -0.2) is 28.4 Å². The van der Waals surface area contributed by atoms with Gasteiger partial charge in [0.05, 0.1) is 11.8 Å². The Hall–Kier alpha value is -1.36. The van der Waals surface area contributed by atoms with Gasteiger partial charge in [0.2, 0.25) is 5.91 Å². The minimum atomic E-state index is -0.838. The van der Waals surface area contributed by atoms with Gasteiger partial charge < -0.3 is 10.0 Å². The fraction of sp³-hybridized carbons (Fsp3) is 0.467. The van der Waals surface area contributed by atoms with Crippen molar-refractivity contribution in [3.63, 3.8) is 0 Å². The lowest BCUT2D eigenvalue weighted by Gasteiger charge is -2.38. The van der Waals surface area contributed by atoms with Gasteiger partial charge in [-0.05, 0) is 36.5 Å². The molecule has 2 atom stereocenters. The third-order valence-electron chi connectivity index (χ3n) is 4.43. The predicted molar refractivity (Wildman–Crippen MR) is 77.1 cm³/mol. The van der Waals surface area contributed by atoms with Gasteiger partial charge in [-0.3, -0.25) is 9.59 Å². The SMILES string of the molecule is O=C(O)C1CCC1C(=O)N1CCc2c(Br)cccc2C1. The molecule has 1 aromatic rings. The molecule has 1 fully saturated rings. The molecule has 106 valence electrons. The molecule has 4 nitrogen and oxygen atoms in total. The first kappa shape index (κ1) is 13.6. The second-order valence-electron chi connectivity index (χ2n) is 5.52. The molecule has 2 unspecified atom stereocenters. The van der Waals surface area contributed by atoms with Crippen LogP contribution in [0.5, 0.6) is 0 Å². The summed E-state index contributed by atoms with van der Waals surface area (Å²) in [4.78, 5) is 25.3. The summed E-state index contributed by atoms with van der Waals surface area (Å²) < 4.78 is 1.09. The van der Waals surface area contributed by atoms with Crippen LogP contribution >= 0.6 is 15.9 Å². The van der Waals surface area contributed by atoms with Crippen LogP contribution < -0.4 is 0 Å². The van der Waals surface area contributed by atoms with Gasteiger partial charge in [0.1, 0.15) is 0 Å². The van der Waals surface area contributed by atoms with Gasteiger partial charge in [-0.25, -0.2) is 0 Å². The van der Waals surface area contributed by atoms with Gasteiger partial charge in [-0.15, -0.1) is 0 Å². The number of hydrogen-bond acceptors (Lipinski definition) is 2. The molecule has 3 rings (SSSR count). The molecular weight excluding hydrogens is 322 g/mol. The van der Waals surface area contributed by atoms with E-state index in [-0.39, 0.29) is 11.8 Å². The summed E-state index contributed by atoms with van der Waals surface area (Å²) in [6.07, 6.45) is 2.16. The molecule has 0 spiro atoms. The third-order valence-corrected chi connectivity index (χ3v) is 5.17. The summed E-state index contributed by atoms with van der Waals surface area (Å²) in [5.41, 5.74) is 2.42. The standard InChI is InChI=1S/C15H16BrNO3/c16-13-3-1-2-9-8-17(7-6-10(9)13)14(18)11-4-5-12(11)15(19)20/h1-3,11-12H,4-8H2,(H,19,20). The smallest absolute Gasteiger partial charge is 0.307 e. The Morgan fingerprint density at radius 3 is 2.65 bits per heavy atom. The molecule has 1 N–H and O–H groups in total. The fourth-order valence-corrected chi connectivity index (χ4v) is 3.68. The lowest BCUT2D eigenvalue weighted by atomic mass is 9.72. The fourth-order valence-electron chi connectivity index (χ4n) is 3.08. The molecule has 1 amide bonds. The number of halogens is 1. The molecule has 0 bridgehead atoms. The highest BCUT2D eigenvalue weighted by molar-refractivity contribution is 9.10. The highest BCUT2D eigenvalue weighted by Gasteiger charge is 2.43. The average Bonchev–Trinajstić information content (AvgIpc) is 2.36. The molecule has 0 radical (unpaired) electrons. The number of aliphatic carboxylic acids is 1. The van der Waals surface area contributed by atoms with Crippen molar-refractivity contribution >= 4 is 27.8 Å². The Morgan fingerprint density at radius 1 is 1.25 bits per heavy atom. The topological polar surface area (TPSA) is 57.6 Å². The van der Waals surface area contributed by atoms with Crippen LogP contribution in [0.3, 0.4) is 0 Å². The van der Waals surface area contributed by atoms with Crippen molar-refractivity contribution in [2.75, 3.05) is 6.54 Å². The zero-order valence-corrected chi connectivity index (χ0v) is 12.6. The van der Waals surface area contributed by atoms with Gasteiger partial charge >= 0.3 is 5.97 Å². The van der Waals surface area contributed by atoms with Crippen LogP contribution in [0, 0.1) is 11.8 Å². The average molecular weight is 338 g/mol. The van der Waals surface area contributed by atoms with E-state index in [2.05, 4.69) is 15.9 Å². The van der Waals surface area contributed by atoms with E-state index in [1.807, 2.05) is 23.1 Å². The van der Waals surface area contributed by atoms with Crippen molar-refractivity contribution in [1.29, 1.82) is 0 Å². The van der Waals surface area contributed by atoms with E-state index >= 15 is 0 Å². The van der Waals surface area contributed by atoms with Crippen molar-refractivity contribution in [2.45, 2.75) is 25.8 Å². The molecule has 0 aromatic heterocycles. The number of fused-ring (bicyclic) bond motifs is 1. The summed E-state index contributed by atoms with van der Waals surface area (Å²) in [6, 6.07) is 6.03. The molecule has 20 heavy (non-hydrogen) atoms. The normalized spacial score (nSPS) is 24.8. The number of hydrogen-bond donors (Lipinski definition) is 1. The quantitative estimate of drug-likeness (QED) is 0.901. The second-order valence-corrected chi connectivity index (χ2v) is 6.37. The zero-order valence-electron chi connectivity index (χ0n) is 11.0. The maximum atomic E-state index is 12.4. The molecule has 0 saturated heterocycles.